The molecule has 186 valence electrons. The van der Waals surface area contributed by atoms with E-state index in [9.17, 15) is 14.4 Å². The van der Waals surface area contributed by atoms with Crippen molar-refractivity contribution in [3.05, 3.63) is 94.0 Å². The summed E-state index contributed by atoms with van der Waals surface area (Å²) in [4.78, 5) is 35.3. The molecule has 3 aliphatic rings. The number of nitrogens with one attached hydrogen (secondary N) is 1. The minimum Gasteiger partial charge on any atom is -0.464 e. The lowest BCUT2D eigenvalue weighted by Crippen LogP contribution is -2.33. The minimum atomic E-state index is -0.765. The molecule has 0 radical (unpaired) electrons. The second-order valence-electron chi connectivity index (χ2n) is 8.80. The molecule has 3 aromatic carbocycles. The number of amides is 2. The fourth-order valence-electron chi connectivity index (χ4n) is 4.64. The highest BCUT2D eigenvalue weighted by Gasteiger charge is 2.41. The molecule has 6 rings (SSSR count). The SMILES string of the molecule is O=C(C[C@@H]1SC(=O)NC1=O)Oc1ccc([C@H]2Oc3ccc(Br)cc3[C@H]3CC(c4ccccc4)=NN32)cc1. The van der Waals surface area contributed by atoms with Gasteiger partial charge < -0.3 is 9.47 Å². The van der Waals surface area contributed by atoms with E-state index >= 15 is 0 Å². The molecule has 0 aliphatic carbocycles. The van der Waals surface area contributed by atoms with E-state index in [4.69, 9.17) is 14.6 Å². The topological polar surface area (TPSA) is 97.3 Å². The molecule has 1 fully saturated rings. The minimum absolute atomic E-state index is 0.0109. The molecule has 0 unspecified atom stereocenters. The van der Waals surface area contributed by atoms with Gasteiger partial charge >= 0.3 is 5.97 Å². The van der Waals surface area contributed by atoms with E-state index in [1.807, 2.05) is 47.5 Å². The number of thioether (sulfide) groups is 1. The van der Waals surface area contributed by atoms with Gasteiger partial charge in [-0.3, -0.25) is 19.7 Å². The first-order valence-corrected chi connectivity index (χ1v) is 13.3. The van der Waals surface area contributed by atoms with Crippen LogP contribution in [0.2, 0.25) is 0 Å². The Balaban J connectivity index is 1.23. The van der Waals surface area contributed by atoms with Crippen molar-refractivity contribution in [2.24, 2.45) is 5.10 Å². The Hall–Kier alpha value is -3.63. The van der Waals surface area contributed by atoms with Crippen LogP contribution in [0, 0.1) is 0 Å². The maximum absolute atomic E-state index is 12.3. The second kappa shape index (κ2) is 9.68. The number of esters is 1. The lowest BCUT2D eigenvalue weighted by atomic mass is 9.96. The third kappa shape index (κ3) is 4.74. The molecule has 3 atom stereocenters. The van der Waals surface area contributed by atoms with Crippen LogP contribution in [-0.2, 0) is 9.59 Å². The van der Waals surface area contributed by atoms with E-state index in [-0.39, 0.29) is 12.5 Å². The van der Waals surface area contributed by atoms with Gasteiger partial charge in [0.15, 0.2) is 0 Å². The van der Waals surface area contributed by atoms with Crippen molar-refractivity contribution in [2.45, 2.75) is 30.4 Å². The van der Waals surface area contributed by atoms with Crippen molar-refractivity contribution in [1.82, 2.24) is 10.3 Å². The van der Waals surface area contributed by atoms with Crippen LogP contribution in [0.5, 0.6) is 11.5 Å². The number of ether oxygens (including phenoxy) is 2. The summed E-state index contributed by atoms with van der Waals surface area (Å²) in [6.07, 6.45) is 0.0986. The number of halogens is 1. The van der Waals surface area contributed by atoms with Crippen LogP contribution in [-0.4, -0.2) is 33.1 Å². The number of hydrazone groups is 1. The molecule has 3 aromatic rings. The first-order chi connectivity index (χ1) is 17.9. The predicted octanol–water partition coefficient (Wildman–Crippen LogP) is 5.34. The normalized spacial score (nSPS) is 22.0. The van der Waals surface area contributed by atoms with Crippen molar-refractivity contribution < 1.29 is 23.9 Å². The zero-order chi connectivity index (χ0) is 25.5. The number of imide groups is 1. The van der Waals surface area contributed by atoms with Crippen LogP contribution in [0.1, 0.15) is 41.8 Å². The van der Waals surface area contributed by atoms with Gasteiger partial charge in [0, 0.05) is 22.0 Å². The van der Waals surface area contributed by atoms with Crippen molar-refractivity contribution >= 4 is 50.5 Å². The zero-order valence-electron chi connectivity index (χ0n) is 19.3. The average molecular weight is 578 g/mol. The Labute approximate surface area is 225 Å². The van der Waals surface area contributed by atoms with E-state index in [2.05, 4.69) is 39.4 Å². The van der Waals surface area contributed by atoms with E-state index < -0.39 is 28.6 Å². The standard InChI is InChI=1S/C27H20BrN3O5S/c28-17-8-11-22-19(12-17)21-13-20(15-4-2-1-3-5-15)30-31(21)26(36-22)16-6-9-18(10-7-16)35-24(32)14-23-25(33)29-27(34)37-23/h1-12,21,23,26H,13-14H2,(H,29,33,34)/t21-,23+,26-/m1/s1. The molecular formula is C27H20BrN3O5S. The first-order valence-electron chi connectivity index (χ1n) is 11.6. The van der Waals surface area contributed by atoms with Crippen molar-refractivity contribution in [1.29, 1.82) is 0 Å². The number of carbonyl (C=O) groups excluding carboxylic acids is 3. The van der Waals surface area contributed by atoms with Crippen LogP contribution < -0.4 is 14.8 Å². The number of fused-ring (bicyclic) bond motifs is 3. The lowest BCUT2D eigenvalue weighted by molar-refractivity contribution is -0.135. The molecule has 10 heteroatoms. The number of hydrogen-bond donors (Lipinski definition) is 1. The quantitative estimate of drug-likeness (QED) is 0.323. The Bertz CT molecular complexity index is 1430. The molecule has 3 aliphatic heterocycles. The summed E-state index contributed by atoms with van der Waals surface area (Å²) in [5.41, 5.74) is 3.99. The summed E-state index contributed by atoms with van der Waals surface area (Å²) in [5, 5.41) is 7.91. The number of benzene rings is 3. The fourth-order valence-corrected chi connectivity index (χ4v) is 5.82. The maximum atomic E-state index is 12.3. The third-order valence-corrected chi connectivity index (χ3v) is 7.85. The number of carbonyl (C=O) groups is 3. The highest BCUT2D eigenvalue weighted by molar-refractivity contribution is 9.10. The first kappa shape index (κ1) is 23.7. The summed E-state index contributed by atoms with van der Waals surface area (Å²) in [5.74, 6) is 0.0892. The van der Waals surface area contributed by atoms with Crippen molar-refractivity contribution in [3.8, 4) is 11.5 Å². The largest absolute Gasteiger partial charge is 0.464 e. The van der Waals surface area contributed by atoms with Gasteiger partial charge in [0.1, 0.15) is 16.7 Å². The van der Waals surface area contributed by atoms with Gasteiger partial charge in [-0.25, -0.2) is 5.01 Å². The monoisotopic (exact) mass is 577 g/mol. The third-order valence-electron chi connectivity index (χ3n) is 6.37. The molecule has 0 saturated carbocycles. The smallest absolute Gasteiger partial charge is 0.312 e. The van der Waals surface area contributed by atoms with Crippen LogP contribution in [0.4, 0.5) is 4.79 Å². The second-order valence-corrected chi connectivity index (χ2v) is 10.9. The van der Waals surface area contributed by atoms with Gasteiger partial charge in [0.05, 0.1) is 18.2 Å². The molecule has 2 amide bonds. The Morgan fingerprint density at radius 3 is 2.62 bits per heavy atom. The molecule has 3 heterocycles. The van der Waals surface area contributed by atoms with Gasteiger partial charge in [-0.05, 0) is 48.0 Å². The van der Waals surface area contributed by atoms with E-state index in [0.29, 0.717) is 5.75 Å². The number of hydrogen-bond acceptors (Lipinski definition) is 8. The Morgan fingerprint density at radius 2 is 1.89 bits per heavy atom. The fraction of sp³-hybridized carbons (Fsp3) is 0.185. The van der Waals surface area contributed by atoms with Crippen molar-refractivity contribution in [3.63, 3.8) is 0 Å². The molecule has 1 saturated heterocycles. The average Bonchev–Trinajstić information content (AvgIpc) is 3.48. The molecular weight excluding hydrogens is 558 g/mol. The van der Waals surface area contributed by atoms with E-state index in [1.165, 1.54) is 0 Å². The molecule has 37 heavy (non-hydrogen) atoms. The molecule has 8 nitrogen and oxygen atoms in total. The summed E-state index contributed by atoms with van der Waals surface area (Å²) >= 11 is 4.37. The Kier molecular flexibility index (Phi) is 6.21. The van der Waals surface area contributed by atoms with E-state index in [0.717, 1.165) is 50.8 Å². The summed E-state index contributed by atoms with van der Waals surface area (Å²) < 4.78 is 12.8. The maximum Gasteiger partial charge on any atom is 0.312 e. The molecule has 1 N–H and O–H groups in total. The van der Waals surface area contributed by atoms with Gasteiger partial charge in [0.2, 0.25) is 12.1 Å². The zero-order valence-corrected chi connectivity index (χ0v) is 21.7. The molecule has 0 bridgehead atoms. The highest BCUT2D eigenvalue weighted by atomic mass is 79.9. The van der Waals surface area contributed by atoms with Gasteiger partial charge in [-0.2, -0.15) is 5.10 Å². The van der Waals surface area contributed by atoms with Gasteiger partial charge in [-0.1, -0.05) is 58.0 Å². The predicted molar refractivity (Wildman–Crippen MR) is 141 cm³/mol. The summed E-state index contributed by atoms with van der Waals surface area (Å²) in [7, 11) is 0. The van der Waals surface area contributed by atoms with Crippen LogP contribution in [0.25, 0.3) is 0 Å². The van der Waals surface area contributed by atoms with Crippen LogP contribution >= 0.6 is 27.7 Å². The number of nitrogens with zero attached hydrogens (tertiary/aromatic N) is 2. The number of rotatable bonds is 5. The highest BCUT2D eigenvalue weighted by Crippen LogP contribution is 2.48. The van der Waals surface area contributed by atoms with Crippen LogP contribution in [0.15, 0.2) is 82.4 Å². The van der Waals surface area contributed by atoms with Crippen molar-refractivity contribution in [2.75, 3.05) is 0 Å². The summed E-state index contributed by atoms with van der Waals surface area (Å²) in [6, 6.07) is 23.2. The Morgan fingerprint density at radius 1 is 1.11 bits per heavy atom. The molecule has 0 aromatic heterocycles. The summed E-state index contributed by atoms with van der Waals surface area (Å²) in [6.45, 7) is 0. The van der Waals surface area contributed by atoms with Gasteiger partial charge in [0.25, 0.3) is 5.24 Å². The molecule has 0 spiro atoms. The van der Waals surface area contributed by atoms with E-state index in [1.54, 1.807) is 12.1 Å². The van der Waals surface area contributed by atoms with Crippen LogP contribution in [0.3, 0.4) is 0 Å². The lowest BCUT2D eigenvalue weighted by Gasteiger charge is -2.38. The van der Waals surface area contributed by atoms with Gasteiger partial charge in [-0.15, -0.1) is 0 Å².